The van der Waals surface area contributed by atoms with Crippen molar-refractivity contribution in [1.29, 1.82) is 0 Å². The molecular weight excluding hydrogens is 226 g/mol. The fourth-order valence-corrected chi connectivity index (χ4v) is 3.80. The number of nitrogens with zero attached hydrogens (tertiary/aromatic N) is 1. The number of aliphatic hydroxyl groups excluding tert-OH is 2. The molecular formula is C15H29NO2. The lowest BCUT2D eigenvalue weighted by Crippen LogP contribution is -2.41. The second-order valence-corrected chi connectivity index (χ2v) is 6.20. The van der Waals surface area contributed by atoms with Crippen molar-refractivity contribution in [1.82, 2.24) is 4.90 Å². The lowest BCUT2D eigenvalue weighted by molar-refractivity contribution is 0.0606. The van der Waals surface area contributed by atoms with Gasteiger partial charge in [-0.05, 0) is 25.2 Å². The zero-order valence-corrected chi connectivity index (χ0v) is 11.6. The third-order valence-corrected chi connectivity index (χ3v) is 4.75. The molecule has 3 nitrogen and oxygen atoms in total. The molecule has 0 amide bonds. The van der Waals surface area contributed by atoms with E-state index in [4.69, 9.17) is 0 Å². The lowest BCUT2D eigenvalue weighted by Gasteiger charge is -2.30. The Bertz CT molecular complexity index is 223. The molecule has 2 N–H and O–H groups in total. The minimum Gasteiger partial charge on any atom is -0.395 e. The summed E-state index contributed by atoms with van der Waals surface area (Å²) in [6.45, 7) is 1.71. The Morgan fingerprint density at radius 3 is 2.22 bits per heavy atom. The van der Waals surface area contributed by atoms with Crippen LogP contribution in [-0.4, -0.2) is 47.0 Å². The highest BCUT2D eigenvalue weighted by molar-refractivity contribution is 4.80. The zero-order valence-electron chi connectivity index (χ0n) is 11.6. The maximum atomic E-state index is 10.2. The summed E-state index contributed by atoms with van der Waals surface area (Å²) in [7, 11) is 0. The molecule has 0 aliphatic heterocycles. The van der Waals surface area contributed by atoms with Crippen molar-refractivity contribution in [2.45, 2.75) is 69.9 Å². The lowest BCUT2D eigenvalue weighted by atomic mass is 9.99. The average Bonchev–Trinajstić information content (AvgIpc) is 3.00. The molecule has 0 heterocycles. The second-order valence-electron chi connectivity index (χ2n) is 6.20. The van der Waals surface area contributed by atoms with Crippen LogP contribution in [0.5, 0.6) is 0 Å². The van der Waals surface area contributed by atoms with Crippen molar-refractivity contribution in [2.24, 2.45) is 5.92 Å². The summed E-state index contributed by atoms with van der Waals surface area (Å²) in [5.41, 5.74) is 0. The molecule has 1 atom stereocenters. The summed E-state index contributed by atoms with van der Waals surface area (Å²) >= 11 is 0. The monoisotopic (exact) mass is 255 g/mol. The van der Waals surface area contributed by atoms with Crippen LogP contribution in [0.2, 0.25) is 0 Å². The molecule has 0 bridgehead atoms. The van der Waals surface area contributed by atoms with E-state index in [0.717, 1.165) is 25.4 Å². The van der Waals surface area contributed by atoms with Gasteiger partial charge in [0.2, 0.25) is 0 Å². The fraction of sp³-hybridized carbons (Fsp3) is 1.00. The number of hydrogen-bond acceptors (Lipinski definition) is 3. The van der Waals surface area contributed by atoms with E-state index in [1.54, 1.807) is 0 Å². The van der Waals surface area contributed by atoms with Crippen LogP contribution in [-0.2, 0) is 0 Å². The molecule has 0 spiro atoms. The van der Waals surface area contributed by atoms with E-state index in [-0.39, 0.29) is 12.7 Å². The smallest absolute Gasteiger partial charge is 0.0669 e. The maximum Gasteiger partial charge on any atom is 0.0669 e. The molecule has 2 aliphatic rings. The summed E-state index contributed by atoms with van der Waals surface area (Å²) < 4.78 is 0. The van der Waals surface area contributed by atoms with Gasteiger partial charge in [-0.3, -0.25) is 4.90 Å². The summed E-state index contributed by atoms with van der Waals surface area (Å²) in [4.78, 5) is 2.33. The Kier molecular flexibility index (Phi) is 5.93. The standard InChI is InChI=1S/C15H29NO2/c17-10-9-16(14-7-3-4-8-14)12-15(18)11-13-5-1-2-6-13/h13-15,17-18H,1-12H2. The third-order valence-electron chi connectivity index (χ3n) is 4.75. The molecule has 2 aliphatic carbocycles. The van der Waals surface area contributed by atoms with Crippen molar-refractivity contribution in [3.05, 3.63) is 0 Å². The van der Waals surface area contributed by atoms with Crippen LogP contribution in [0.1, 0.15) is 57.8 Å². The fourth-order valence-electron chi connectivity index (χ4n) is 3.80. The van der Waals surface area contributed by atoms with E-state index in [1.807, 2.05) is 0 Å². The first-order chi connectivity index (χ1) is 8.79. The molecule has 0 radical (unpaired) electrons. The van der Waals surface area contributed by atoms with Crippen molar-refractivity contribution in [3.8, 4) is 0 Å². The Morgan fingerprint density at radius 1 is 1.00 bits per heavy atom. The molecule has 2 rings (SSSR count). The Morgan fingerprint density at radius 2 is 1.61 bits per heavy atom. The number of aliphatic hydroxyl groups is 2. The van der Waals surface area contributed by atoms with Gasteiger partial charge in [-0.1, -0.05) is 38.5 Å². The first-order valence-corrected chi connectivity index (χ1v) is 7.82. The van der Waals surface area contributed by atoms with Crippen LogP contribution < -0.4 is 0 Å². The molecule has 0 aromatic carbocycles. The van der Waals surface area contributed by atoms with Crippen molar-refractivity contribution < 1.29 is 10.2 Å². The quantitative estimate of drug-likeness (QED) is 0.733. The van der Waals surface area contributed by atoms with E-state index in [0.29, 0.717) is 6.04 Å². The van der Waals surface area contributed by atoms with E-state index in [1.165, 1.54) is 51.4 Å². The molecule has 0 saturated heterocycles. The Hall–Kier alpha value is -0.120. The molecule has 1 unspecified atom stereocenters. The van der Waals surface area contributed by atoms with Crippen LogP contribution in [0.15, 0.2) is 0 Å². The van der Waals surface area contributed by atoms with E-state index in [2.05, 4.69) is 4.90 Å². The van der Waals surface area contributed by atoms with Crippen LogP contribution >= 0.6 is 0 Å². The topological polar surface area (TPSA) is 43.7 Å². The van der Waals surface area contributed by atoms with Gasteiger partial charge in [-0.25, -0.2) is 0 Å². The summed E-state index contributed by atoms with van der Waals surface area (Å²) in [6, 6.07) is 0.607. The summed E-state index contributed by atoms with van der Waals surface area (Å²) in [6.07, 6.45) is 11.2. The molecule has 2 fully saturated rings. The molecule has 0 aromatic rings. The second kappa shape index (κ2) is 7.46. The van der Waals surface area contributed by atoms with Gasteiger partial charge in [-0.15, -0.1) is 0 Å². The first kappa shape index (κ1) is 14.3. The predicted octanol–water partition coefficient (Wildman–Crippen LogP) is 2.16. The third kappa shape index (κ3) is 4.22. The van der Waals surface area contributed by atoms with Gasteiger partial charge in [0.25, 0.3) is 0 Å². The van der Waals surface area contributed by atoms with Crippen LogP contribution in [0.3, 0.4) is 0 Å². The first-order valence-electron chi connectivity index (χ1n) is 7.82. The van der Waals surface area contributed by atoms with E-state index in [9.17, 15) is 10.2 Å². The van der Waals surface area contributed by atoms with Crippen LogP contribution in [0.4, 0.5) is 0 Å². The van der Waals surface area contributed by atoms with Gasteiger partial charge < -0.3 is 10.2 Å². The van der Waals surface area contributed by atoms with Crippen molar-refractivity contribution in [2.75, 3.05) is 19.7 Å². The predicted molar refractivity (Wildman–Crippen MR) is 73.5 cm³/mol. The molecule has 0 aromatic heterocycles. The van der Waals surface area contributed by atoms with E-state index < -0.39 is 0 Å². The minimum atomic E-state index is -0.194. The number of hydrogen-bond donors (Lipinski definition) is 2. The Balaban J connectivity index is 1.75. The van der Waals surface area contributed by atoms with Crippen LogP contribution in [0, 0.1) is 5.92 Å². The maximum absolute atomic E-state index is 10.2. The molecule has 18 heavy (non-hydrogen) atoms. The average molecular weight is 255 g/mol. The van der Waals surface area contributed by atoms with Crippen molar-refractivity contribution >= 4 is 0 Å². The van der Waals surface area contributed by atoms with Gasteiger partial charge in [0.1, 0.15) is 0 Å². The highest BCUT2D eigenvalue weighted by Gasteiger charge is 2.25. The molecule has 3 heteroatoms. The largest absolute Gasteiger partial charge is 0.395 e. The van der Waals surface area contributed by atoms with Gasteiger partial charge in [0.05, 0.1) is 12.7 Å². The summed E-state index contributed by atoms with van der Waals surface area (Å²) in [5, 5.41) is 19.4. The molecule has 2 saturated carbocycles. The van der Waals surface area contributed by atoms with Gasteiger partial charge >= 0.3 is 0 Å². The highest BCUT2D eigenvalue weighted by Crippen LogP contribution is 2.29. The number of rotatable bonds is 7. The molecule has 106 valence electrons. The van der Waals surface area contributed by atoms with E-state index >= 15 is 0 Å². The zero-order chi connectivity index (χ0) is 12.8. The van der Waals surface area contributed by atoms with Gasteiger partial charge in [-0.2, -0.15) is 0 Å². The van der Waals surface area contributed by atoms with Gasteiger partial charge in [0.15, 0.2) is 0 Å². The minimum absolute atomic E-state index is 0.194. The normalized spacial score (nSPS) is 24.2. The SMILES string of the molecule is OCCN(CC(O)CC1CCCC1)C1CCCC1. The summed E-state index contributed by atoms with van der Waals surface area (Å²) in [5.74, 6) is 0.750. The Labute approximate surface area is 111 Å². The highest BCUT2D eigenvalue weighted by atomic mass is 16.3. The van der Waals surface area contributed by atoms with Crippen molar-refractivity contribution in [3.63, 3.8) is 0 Å². The van der Waals surface area contributed by atoms with Crippen LogP contribution in [0.25, 0.3) is 0 Å². The van der Waals surface area contributed by atoms with Gasteiger partial charge in [0, 0.05) is 19.1 Å².